The summed E-state index contributed by atoms with van der Waals surface area (Å²) in [6.45, 7) is -0.0977. The van der Waals surface area contributed by atoms with E-state index in [0.29, 0.717) is 31.5 Å². The minimum atomic E-state index is -1.01. The van der Waals surface area contributed by atoms with Crippen molar-refractivity contribution in [1.29, 1.82) is 0 Å². The second-order valence-corrected chi connectivity index (χ2v) is 4.65. The summed E-state index contributed by atoms with van der Waals surface area (Å²) in [4.78, 5) is 10.4. The Morgan fingerprint density at radius 2 is 2.11 bits per heavy atom. The summed E-state index contributed by atoms with van der Waals surface area (Å²) in [5.74, 6) is -0.834. The van der Waals surface area contributed by atoms with Gasteiger partial charge in [-0.25, -0.2) is 0 Å². The zero-order chi connectivity index (χ0) is 14.3. The van der Waals surface area contributed by atoms with Crippen molar-refractivity contribution in [3.8, 4) is 0 Å². The number of aliphatic hydroxyl groups is 2. The number of carboxylic acids is 1. The first-order chi connectivity index (χ1) is 8.99. The number of carboxylic acid groups (broad SMARTS) is 1. The monoisotopic (exact) mass is 272 g/mol. The maximum absolute atomic E-state index is 10.4. The van der Waals surface area contributed by atoms with Crippen LogP contribution < -0.4 is 5.73 Å². The third-order valence-electron chi connectivity index (χ3n) is 2.87. The van der Waals surface area contributed by atoms with E-state index in [4.69, 9.17) is 21.1 Å². The van der Waals surface area contributed by atoms with Gasteiger partial charge < -0.3 is 21.1 Å². The number of carbonyl (C=O) groups is 1. The number of aryl methyl sites for hydroxylation is 2. The molecule has 0 aliphatic heterocycles. The van der Waals surface area contributed by atoms with Gasteiger partial charge in [0.2, 0.25) is 0 Å². The van der Waals surface area contributed by atoms with Gasteiger partial charge in [0.15, 0.2) is 0 Å². The quantitative estimate of drug-likeness (QED) is 0.441. The molecule has 0 aliphatic carbocycles. The number of hydrogen-bond acceptors (Lipinski definition) is 6. The van der Waals surface area contributed by atoms with Gasteiger partial charge in [-0.3, -0.25) is 9.48 Å². The summed E-state index contributed by atoms with van der Waals surface area (Å²) in [6, 6.07) is 0. The standard InChI is InChI=1S/C11H20N4O4/c12-11(7-16,8-17)4-3-9-6-15(14-13-9)5-1-2-10(18)19/h6,16-17H,1-5,7-8,12H2,(H,18,19). The van der Waals surface area contributed by atoms with Crippen molar-refractivity contribution in [3.05, 3.63) is 11.9 Å². The van der Waals surface area contributed by atoms with Crippen LogP contribution in [0.15, 0.2) is 6.20 Å². The Morgan fingerprint density at radius 1 is 1.42 bits per heavy atom. The van der Waals surface area contributed by atoms with E-state index >= 15 is 0 Å². The lowest BCUT2D eigenvalue weighted by molar-refractivity contribution is -0.137. The lowest BCUT2D eigenvalue weighted by Gasteiger charge is -2.23. The van der Waals surface area contributed by atoms with Crippen LogP contribution in [0.2, 0.25) is 0 Å². The molecule has 1 rings (SSSR count). The van der Waals surface area contributed by atoms with E-state index in [-0.39, 0.29) is 19.6 Å². The van der Waals surface area contributed by atoms with E-state index in [1.165, 1.54) is 0 Å². The van der Waals surface area contributed by atoms with Gasteiger partial charge in [-0.1, -0.05) is 5.21 Å². The second kappa shape index (κ2) is 7.17. The molecular formula is C11H20N4O4. The number of nitrogens with two attached hydrogens (primary N) is 1. The van der Waals surface area contributed by atoms with Gasteiger partial charge in [-0.15, -0.1) is 5.10 Å². The summed E-state index contributed by atoms with van der Waals surface area (Å²) in [5.41, 5.74) is 5.44. The molecule has 0 fully saturated rings. The maximum Gasteiger partial charge on any atom is 0.303 e. The summed E-state index contributed by atoms with van der Waals surface area (Å²) >= 11 is 0. The van der Waals surface area contributed by atoms with Gasteiger partial charge in [0.05, 0.1) is 24.4 Å². The minimum absolute atomic E-state index is 0.0934. The number of aliphatic hydroxyl groups excluding tert-OH is 2. The van der Waals surface area contributed by atoms with Crippen LogP contribution in [0.3, 0.4) is 0 Å². The van der Waals surface area contributed by atoms with Gasteiger partial charge in [-0.2, -0.15) is 0 Å². The molecule has 0 radical (unpaired) electrons. The van der Waals surface area contributed by atoms with E-state index in [1.54, 1.807) is 10.9 Å². The molecular weight excluding hydrogens is 252 g/mol. The Bertz CT molecular complexity index is 403. The molecule has 0 atom stereocenters. The van der Waals surface area contributed by atoms with Gasteiger partial charge >= 0.3 is 5.97 Å². The molecule has 0 aliphatic rings. The molecule has 8 nitrogen and oxygen atoms in total. The Hall–Kier alpha value is -1.51. The van der Waals surface area contributed by atoms with Crippen molar-refractivity contribution >= 4 is 5.97 Å². The first-order valence-electron chi connectivity index (χ1n) is 6.10. The molecule has 0 saturated heterocycles. The summed E-state index contributed by atoms with van der Waals surface area (Å²) < 4.78 is 1.58. The third kappa shape index (κ3) is 5.33. The Labute approximate surface area is 110 Å². The van der Waals surface area contributed by atoms with Crippen molar-refractivity contribution < 1.29 is 20.1 Å². The zero-order valence-electron chi connectivity index (χ0n) is 10.7. The molecule has 0 amide bonds. The summed E-state index contributed by atoms with van der Waals surface area (Å²) in [6.07, 6.45) is 3.20. The Morgan fingerprint density at radius 3 is 2.68 bits per heavy atom. The SMILES string of the molecule is NC(CO)(CO)CCc1cn(CCCC(=O)O)nn1. The predicted octanol–water partition coefficient (Wildman–Crippen LogP) is -1.24. The van der Waals surface area contributed by atoms with Gasteiger partial charge in [-0.05, 0) is 19.3 Å². The number of rotatable bonds is 9. The fraction of sp³-hybridized carbons (Fsp3) is 0.727. The van der Waals surface area contributed by atoms with Crippen LogP contribution in [0.1, 0.15) is 25.0 Å². The Kier molecular flexibility index (Phi) is 5.87. The maximum atomic E-state index is 10.4. The van der Waals surface area contributed by atoms with Crippen LogP contribution in [0.4, 0.5) is 0 Å². The number of aliphatic carboxylic acids is 1. The predicted molar refractivity (Wildman–Crippen MR) is 66.3 cm³/mol. The van der Waals surface area contributed by atoms with E-state index in [9.17, 15) is 4.79 Å². The highest BCUT2D eigenvalue weighted by Gasteiger charge is 2.23. The number of hydrogen-bond donors (Lipinski definition) is 4. The normalized spacial score (nSPS) is 11.7. The highest BCUT2D eigenvalue weighted by molar-refractivity contribution is 5.66. The average Bonchev–Trinajstić information content (AvgIpc) is 2.83. The summed E-state index contributed by atoms with van der Waals surface area (Å²) in [5, 5.41) is 34.4. The largest absolute Gasteiger partial charge is 0.481 e. The average molecular weight is 272 g/mol. The van der Waals surface area contributed by atoms with E-state index < -0.39 is 11.5 Å². The highest BCUT2D eigenvalue weighted by Crippen LogP contribution is 2.09. The smallest absolute Gasteiger partial charge is 0.303 e. The molecule has 0 bridgehead atoms. The minimum Gasteiger partial charge on any atom is -0.481 e. The fourth-order valence-corrected chi connectivity index (χ4v) is 1.54. The van der Waals surface area contributed by atoms with Crippen LogP contribution in [0.5, 0.6) is 0 Å². The molecule has 0 unspecified atom stereocenters. The van der Waals surface area contributed by atoms with Crippen LogP contribution in [-0.2, 0) is 17.8 Å². The van der Waals surface area contributed by atoms with Gasteiger partial charge in [0.1, 0.15) is 0 Å². The van der Waals surface area contributed by atoms with Crippen LogP contribution >= 0.6 is 0 Å². The first-order valence-corrected chi connectivity index (χ1v) is 6.10. The first kappa shape index (κ1) is 15.5. The van der Waals surface area contributed by atoms with E-state index in [1.807, 2.05) is 0 Å². The Balaban J connectivity index is 2.40. The molecule has 108 valence electrons. The molecule has 1 aromatic heterocycles. The molecule has 19 heavy (non-hydrogen) atoms. The van der Waals surface area contributed by atoms with Crippen LogP contribution in [-0.4, -0.2) is 55.0 Å². The molecule has 0 spiro atoms. The zero-order valence-corrected chi connectivity index (χ0v) is 10.7. The van der Waals surface area contributed by atoms with E-state index in [0.717, 1.165) is 0 Å². The lowest BCUT2D eigenvalue weighted by Crippen LogP contribution is -2.47. The third-order valence-corrected chi connectivity index (χ3v) is 2.87. The molecule has 8 heteroatoms. The topological polar surface area (TPSA) is 134 Å². The number of nitrogens with zero attached hydrogens (tertiary/aromatic N) is 3. The van der Waals surface area contributed by atoms with Crippen LogP contribution in [0, 0.1) is 0 Å². The van der Waals surface area contributed by atoms with Gasteiger partial charge in [0.25, 0.3) is 0 Å². The molecule has 0 aromatic carbocycles. The molecule has 5 N–H and O–H groups in total. The van der Waals surface area contributed by atoms with Gasteiger partial charge in [0, 0.05) is 19.2 Å². The van der Waals surface area contributed by atoms with Crippen molar-refractivity contribution in [2.24, 2.45) is 5.73 Å². The highest BCUT2D eigenvalue weighted by atomic mass is 16.4. The van der Waals surface area contributed by atoms with Crippen molar-refractivity contribution in [3.63, 3.8) is 0 Å². The van der Waals surface area contributed by atoms with Crippen LogP contribution in [0.25, 0.3) is 0 Å². The van der Waals surface area contributed by atoms with Crippen molar-refractivity contribution in [2.75, 3.05) is 13.2 Å². The fourth-order valence-electron chi connectivity index (χ4n) is 1.54. The molecule has 0 saturated carbocycles. The molecule has 1 heterocycles. The second-order valence-electron chi connectivity index (χ2n) is 4.65. The summed E-state index contributed by atoms with van der Waals surface area (Å²) in [7, 11) is 0. The molecule has 1 aromatic rings. The lowest BCUT2D eigenvalue weighted by atomic mass is 9.96. The van der Waals surface area contributed by atoms with Crippen molar-refractivity contribution in [2.45, 2.75) is 37.8 Å². The van der Waals surface area contributed by atoms with Crippen molar-refractivity contribution in [1.82, 2.24) is 15.0 Å². The van der Waals surface area contributed by atoms with E-state index in [2.05, 4.69) is 10.3 Å². The number of aromatic nitrogens is 3.